The summed E-state index contributed by atoms with van der Waals surface area (Å²) in [6, 6.07) is 1.94. The molecule has 0 spiro atoms. The van der Waals surface area contributed by atoms with E-state index < -0.39 is 17.2 Å². The van der Waals surface area contributed by atoms with Gasteiger partial charge in [0.25, 0.3) is 0 Å². The van der Waals surface area contributed by atoms with Gasteiger partial charge in [-0.2, -0.15) is 0 Å². The van der Waals surface area contributed by atoms with Crippen LogP contribution in [0.4, 0.5) is 8.78 Å². The molecule has 0 radical (unpaired) electrons. The molecule has 0 aliphatic carbocycles. The number of hydrogen-bond acceptors (Lipinski definition) is 3. The lowest BCUT2D eigenvalue weighted by atomic mass is 10.1. The zero-order chi connectivity index (χ0) is 11.1. The molecule has 1 aromatic rings. The molecule has 82 valence electrons. The first-order valence-electron chi connectivity index (χ1n) is 4.55. The number of halogens is 2. The lowest BCUT2D eigenvalue weighted by Gasteiger charge is -2.34. The Morgan fingerprint density at radius 3 is 2.53 bits per heavy atom. The Hall–Kier alpha value is -1.36. The number of ether oxygens (including phenoxy) is 2. The Morgan fingerprint density at radius 1 is 1.33 bits per heavy atom. The Balaban J connectivity index is 2.38. The molecule has 1 atom stereocenters. The number of rotatable bonds is 1. The molecule has 5 heteroatoms. The van der Waals surface area contributed by atoms with Crippen LogP contribution in [0.15, 0.2) is 12.1 Å². The second kappa shape index (κ2) is 3.34. The average molecular weight is 215 g/mol. The number of fused-ring (bicyclic) bond motifs is 1. The van der Waals surface area contributed by atoms with Crippen molar-refractivity contribution in [3.63, 3.8) is 0 Å². The van der Waals surface area contributed by atoms with Crippen LogP contribution in [0.1, 0.15) is 6.92 Å². The molecule has 2 rings (SSSR count). The zero-order valence-corrected chi connectivity index (χ0v) is 8.22. The van der Waals surface area contributed by atoms with Crippen LogP contribution in [-0.2, 0) is 0 Å². The van der Waals surface area contributed by atoms with Crippen molar-refractivity contribution in [2.24, 2.45) is 5.73 Å². The molecule has 0 bridgehead atoms. The second-order valence-corrected chi connectivity index (χ2v) is 3.76. The predicted molar refractivity (Wildman–Crippen MR) is 49.9 cm³/mol. The molecule has 0 aromatic heterocycles. The smallest absolute Gasteiger partial charge is 0.165 e. The predicted octanol–water partition coefficient (Wildman–Crippen LogP) is 1.45. The van der Waals surface area contributed by atoms with Gasteiger partial charge >= 0.3 is 0 Å². The van der Waals surface area contributed by atoms with E-state index in [1.165, 1.54) is 0 Å². The minimum Gasteiger partial charge on any atom is -0.485 e. The van der Waals surface area contributed by atoms with Crippen molar-refractivity contribution in [2.45, 2.75) is 12.5 Å². The third kappa shape index (κ3) is 1.74. The minimum absolute atomic E-state index is 0.188. The number of hydrogen-bond donors (Lipinski definition) is 1. The summed E-state index contributed by atoms with van der Waals surface area (Å²) >= 11 is 0. The Morgan fingerprint density at radius 2 is 1.93 bits per heavy atom. The molecule has 0 fully saturated rings. The third-order valence-electron chi connectivity index (χ3n) is 2.31. The first-order chi connectivity index (χ1) is 7.04. The standard InChI is InChI=1S/C10H11F2NO2/c1-10(4-13)5-14-8-2-6(11)7(12)3-9(8)15-10/h2-3H,4-5,13H2,1H3/t10-/m1/s1. The van der Waals surface area contributed by atoms with Crippen LogP contribution >= 0.6 is 0 Å². The Kier molecular flexibility index (Phi) is 2.26. The fraction of sp³-hybridized carbons (Fsp3) is 0.400. The monoisotopic (exact) mass is 215 g/mol. The van der Waals surface area contributed by atoms with Crippen LogP contribution in [0.2, 0.25) is 0 Å². The van der Waals surface area contributed by atoms with Crippen LogP contribution < -0.4 is 15.2 Å². The van der Waals surface area contributed by atoms with Crippen LogP contribution in [-0.4, -0.2) is 18.8 Å². The summed E-state index contributed by atoms with van der Waals surface area (Å²) in [6.45, 7) is 2.21. The minimum atomic E-state index is -0.960. The topological polar surface area (TPSA) is 44.5 Å². The summed E-state index contributed by atoms with van der Waals surface area (Å²) in [7, 11) is 0. The highest BCUT2D eigenvalue weighted by Gasteiger charge is 2.32. The molecule has 1 heterocycles. The lowest BCUT2D eigenvalue weighted by molar-refractivity contribution is 0.0126. The van der Waals surface area contributed by atoms with Gasteiger partial charge in [0.15, 0.2) is 28.7 Å². The van der Waals surface area contributed by atoms with Gasteiger partial charge < -0.3 is 15.2 Å². The van der Waals surface area contributed by atoms with E-state index in [0.717, 1.165) is 12.1 Å². The summed E-state index contributed by atoms with van der Waals surface area (Å²) in [5, 5.41) is 0. The van der Waals surface area contributed by atoms with Gasteiger partial charge in [0.1, 0.15) is 6.61 Å². The molecular weight excluding hydrogens is 204 g/mol. The summed E-state index contributed by atoms with van der Waals surface area (Å²) in [4.78, 5) is 0. The molecule has 0 saturated carbocycles. The van der Waals surface area contributed by atoms with Crippen LogP contribution in [0.25, 0.3) is 0 Å². The van der Waals surface area contributed by atoms with Gasteiger partial charge in [0.2, 0.25) is 0 Å². The fourth-order valence-electron chi connectivity index (χ4n) is 1.33. The van der Waals surface area contributed by atoms with Gasteiger partial charge in [-0.25, -0.2) is 8.78 Å². The first-order valence-corrected chi connectivity index (χ1v) is 4.55. The highest BCUT2D eigenvalue weighted by molar-refractivity contribution is 5.42. The summed E-state index contributed by atoms with van der Waals surface area (Å²) in [6.07, 6.45) is 0. The van der Waals surface area contributed by atoms with Gasteiger partial charge in [-0.05, 0) is 6.92 Å². The third-order valence-corrected chi connectivity index (χ3v) is 2.31. The molecule has 0 saturated heterocycles. The molecule has 2 N–H and O–H groups in total. The molecule has 1 aliphatic heterocycles. The van der Waals surface area contributed by atoms with E-state index in [0.29, 0.717) is 0 Å². The van der Waals surface area contributed by atoms with Crippen molar-refractivity contribution in [3.8, 4) is 11.5 Å². The highest BCUT2D eigenvalue weighted by atomic mass is 19.2. The highest BCUT2D eigenvalue weighted by Crippen LogP contribution is 2.36. The van der Waals surface area contributed by atoms with Crippen molar-refractivity contribution in [3.05, 3.63) is 23.8 Å². The normalized spacial score (nSPS) is 24.0. The van der Waals surface area contributed by atoms with E-state index in [1.54, 1.807) is 6.92 Å². The molecular formula is C10H11F2NO2. The number of benzene rings is 1. The summed E-state index contributed by atoms with van der Waals surface area (Å²) < 4.78 is 36.5. The molecule has 3 nitrogen and oxygen atoms in total. The van der Waals surface area contributed by atoms with Crippen molar-refractivity contribution >= 4 is 0 Å². The Bertz CT molecular complexity index is 397. The first kappa shape index (κ1) is 10.2. The maximum absolute atomic E-state index is 12.9. The maximum atomic E-state index is 12.9. The zero-order valence-electron chi connectivity index (χ0n) is 8.22. The van der Waals surface area contributed by atoms with E-state index in [4.69, 9.17) is 15.2 Å². The quantitative estimate of drug-likeness (QED) is 0.771. The van der Waals surface area contributed by atoms with E-state index in [-0.39, 0.29) is 24.7 Å². The fourth-order valence-corrected chi connectivity index (χ4v) is 1.33. The van der Waals surface area contributed by atoms with Crippen LogP contribution in [0.5, 0.6) is 11.5 Å². The van der Waals surface area contributed by atoms with Crippen molar-refractivity contribution < 1.29 is 18.3 Å². The van der Waals surface area contributed by atoms with Crippen molar-refractivity contribution in [1.82, 2.24) is 0 Å². The second-order valence-electron chi connectivity index (χ2n) is 3.76. The molecule has 0 amide bonds. The van der Waals surface area contributed by atoms with Gasteiger partial charge in [0, 0.05) is 18.7 Å². The van der Waals surface area contributed by atoms with E-state index in [9.17, 15) is 8.78 Å². The van der Waals surface area contributed by atoms with E-state index in [2.05, 4.69) is 0 Å². The summed E-state index contributed by atoms with van der Waals surface area (Å²) in [5.74, 6) is -1.51. The lowest BCUT2D eigenvalue weighted by Crippen LogP contribution is -2.48. The van der Waals surface area contributed by atoms with Crippen LogP contribution in [0, 0.1) is 11.6 Å². The van der Waals surface area contributed by atoms with Crippen LogP contribution in [0.3, 0.4) is 0 Å². The van der Waals surface area contributed by atoms with Gasteiger partial charge in [-0.15, -0.1) is 0 Å². The van der Waals surface area contributed by atoms with E-state index in [1.807, 2.05) is 0 Å². The SMILES string of the molecule is C[C@@]1(CN)COc2cc(F)c(F)cc2O1. The molecule has 1 aromatic carbocycles. The van der Waals surface area contributed by atoms with Crippen molar-refractivity contribution in [1.29, 1.82) is 0 Å². The Labute approximate surface area is 85.8 Å². The summed E-state index contributed by atoms with van der Waals surface area (Å²) in [5.41, 5.74) is 4.81. The van der Waals surface area contributed by atoms with Gasteiger partial charge in [-0.3, -0.25) is 0 Å². The van der Waals surface area contributed by atoms with E-state index >= 15 is 0 Å². The van der Waals surface area contributed by atoms with Crippen molar-refractivity contribution in [2.75, 3.05) is 13.2 Å². The van der Waals surface area contributed by atoms with Gasteiger partial charge in [-0.1, -0.05) is 0 Å². The maximum Gasteiger partial charge on any atom is 0.165 e. The van der Waals surface area contributed by atoms with Gasteiger partial charge in [0.05, 0.1) is 0 Å². The molecule has 15 heavy (non-hydrogen) atoms. The largest absolute Gasteiger partial charge is 0.485 e. The number of nitrogens with two attached hydrogens (primary N) is 1. The average Bonchev–Trinajstić information content (AvgIpc) is 2.21. The molecule has 0 unspecified atom stereocenters. The molecule has 1 aliphatic rings.